The number of hydrogen-bond acceptors (Lipinski definition) is 2. The molecule has 59 heavy (non-hydrogen) atoms. The normalized spacial score (nSPS) is 15.2. The minimum absolute atomic E-state index is 0.101. The summed E-state index contributed by atoms with van der Waals surface area (Å²) in [6, 6.07) is 69.8. The molecule has 282 valence electrons. The number of para-hydroxylation sites is 2. The van der Waals surface area contributed by atoms with Crippen molar-refractivity contribution in [2.24, 2.45) is 0 Å². The predicted octanol–water partition coefficient (Wildman–Crippen LogP) is 16.1. The van der Waals surface area contributed by atoms with E-state index in [2.05, 4.69) is 225 Å². The van der Waals surface area contributed by atoms with E-state index in [9.17, 15) is 0 Å². The summed E-state index contributed by atoms with van der Waals surface area (Å²) in [6.07, 6.45) is 7.88. The maximum absolute atomic E-state index is 2.60. The highest BCUT2D eigenvalue weighted by atomic mass is 32.1. The van der Waals surface area contributed by atoms with E-state index in [-0.39, 0.29) is 11.3 Å². The molecule has 1 heterocycles. The SMILES string of the molecule is CC1(C)c2ccccc2-c2c(-c3ccccc3N(C3=CC=CCC3c3ccc4sc5ccccc5c4c3)c3ccccc3-c3ccccc3-c3ccccc3)cccc21. The van der Waals surface area contributed by atoms with Crippen LogP contribution in [0.15, 0.2) is 212 Å². The second kappa shape index (κ2) is 14.3. The summed E-state index contributed by atoms with van der Waals surface area (Å²) in [7, 11) is 0. The van der Waals surface area contributed by atoms with Gasteiger partial charge in [-0.1, -0.05) is 184 Å². The number of hydrogen-bond donors (Lipinski definition) is 0. The van der Waals surface area contributed by atoms with Gasteiger partial charge in [0.15, 0.2) is 0 Å². The fraction of sp³-hybridized carbons (Fsp3) is 0.0877. The van der Waals surface area contributed by atoms with Crippen molar-refractivity contribution in [3.05, 3.63) is 229 Å². The third-order valence-corrected chi connectivity index (χ3v) is 13.8. The quantitative estimate of drug-likeness (QED) is 0.156. The Bertz CT molecular complexity index is 3120. The molecule has 11 rings (SSSR count). The lowest BCUT2D eigenvalue weighted by atomic mass is 9.82. The van der Waals surface area contributed by atoms with Crippen LogP contribution >= 0.6 is 11.3 Å². The number of anilines is 2. The Hall–Kier alpha value is -6.74. The Morgan fingerprint density at radius 1 is 0.492 bits per heavy atom. The van der Waals surface area contributed by atoms with Gasteiger partial charge in [0.2, 0.25) is 0 Å². The molecule has 0 bridgehead atoms. The smallest absolute Gasteiger partial charge is 0.0537 e. The molecule has 8 aromatic carbocycles. The van der Waals surface area contributed by atoms with E-state index < -0.39 is 0 Å². The predicted molar refractivity (Wildman–Crippen MR) is 253 cm³/mol. The van der Waals surface area contributed by atoms with Crippen molar-refractivity contribution in [3.63, 3.8) is 0 Å². The van der Waals surface area contributed by atoms with Crippen LogP contribution in [0, 0.1) is 0 Å². The van der Waals surface area contributed by atoms with Gasteiger partial charge < -0.3 is 4.90 Å². The number of fused-ring (bicyclic) bond motifs is 6. The van der Waals surface area contributed by atoms with Crippen LogP contribution in [0.25, 0.3) is 64.7 Å². The van der Waals surface area contributed by atoms with Crippen LogP contribution in [0.2, 0.25) is 0 Å². The summed E-state index contributed by atoms with van der Waals surface area (Å²) in [6.45, 7) is 4.74. The van der Waals surface area contributed by atoms with Crippen molar-refractivity contribution in [1.82, 2.24) is 0 Å². The standard InChI is InChI=1S/C57H43NS/c1-57(2)49-29-13-8-27-47(49)56-46(28-18-30-50(56)57)44-25-11-16-33-53(44)58(52-32-15-10-24-43(52)42-23-7-6-21-40(42)38-19-4-3-5-20-38)51-31-14-9-22-41(51)39-35-36-55-48(37-39)45-26-12-17-34-54(45)59-55/h3-21,23-37,41H,22H2,1-2H3. The minimum Gasteiger partial charge on any atom is -0.312 e. The van der Waals surface area contributed by atoms with Gasteiger partial charge in [-0.2, -0.15) is 0 Å². The highest BCUT2D eigenvalue weighted by Crippen LogP contribution is 2.55. The summed E-state index contributed by atoms with van der Waals surface area (Å²) in [5.41, 5.74) is 17.6. The average molecular weight is 774 g/mol. The maximum atomic E-state index is 2.60. The zero-order valence-electron chi connectivity index (χ0n) is 33.3. The average Bonchev–Trinajstić information content (AvgIpc) is 3.79. The molecule has 2 heteroatoms. The zero-order valence-corrected chi connectivity index (χ0v) is 34.1. The van der Waals surface area contributed by atoms with Crippen molar-refractivity contribution in [2.75, 3.05) is 4.90 Å². The van der Waals surface area contributed by atoms with Crippen LogP contribution in [0.1, 0.15) is 42.9 Å². The first-order valence-electron chi connectivity index (χ1n) is 20.7. The van der Waals surface area contributed by atoms with Crippen molar-refractivity contribution in [2.45, 2.75) is 31.6 Å². The molecule has 0 spiro atoms. The van der Waals surface area contributed by atoms with Gasteiger partial charge in [-0.3, -0.25) is 0 Å². The molecule has 0 N–H and O–H groups in total. The van der Waals surface area contributed by atoms with Crippen molar-refractivity contribution < 1.29 is 0 Å². The Balaban J connectivity index is 1.17. The lowest BCUT2D eigenvalue weighted by molar-refractivity contribution is 0.660. The van der Waals surface area contributed by atoms with E-state index in [1.165, 1.54) is 92.8 Å². The molecule has 0 amide bonds. The lowest BCUT2D eigenvalue weighted by Gasteiger charge is -2.37. The number of nitrogens with zero attached hydrogens (tertiary/aromatic N) is 1. The van der Waals surface area contributed by atoms with E-state index in [1.807, 2.05) is 11.3 Å². The molecular formula is C57H43NS. The lowest BCUT2D eigenvalue weighted by Crippen LogP contribution is -2.24. The maximum Gasteiger partial charge on any atom is 0.0537 e. The molecule has 1 unspecified atom stereocenters. The van der Waals surface area contributed by atoms with Gasteiger partial charge in [-0.15, -0.1) is 11.3 Å². The van der Waals surface area contributed by atoms with E-state index in [4.69, 9.17) is 0 Å². The highest BCUT2D eigenvalue weighted by Gasteiger charge is 2.37. The number of benzene rings is 8. The monoisotopic (exact) mass is 773 g/mol. The second-order valence-electron chi connectivity index (χ2n) is 16.3. The summed E-state index contributed by atoms with van der Waals surface area (Å²) in [4.78, 5) is 2.60. The molecule has 9 aromatic rings. The van der Waals surface area contributed by atoms with E-state index >= 15 is 0 Å². The van der Waals surface area contributed by atoms with Crippen molar-refractivity contribution in [1.29, 1.82) is 0 Å². The van der Waals surface area contributed by atoms with Crippen molar-refractivity contribution in [3.8, 4) is 44.5 Å². The molecule has 0 radical (unpaired) electrons. The molecule has 0 aliphatic heterocycles. The summed E-state index contributed by atoms with van der Waals surface area (Å²) >= 11 is 1.88. The van der Waals surface area contributed by atoms with Gasteiger partial charge in [0.05, 0.1) is 11.4 Å². The minimum atomic E-state index is -0.101. The zero-order chi connectivity index (χ0) is 39.5. The largest absolute Gasteiger partial charge is 0.312 e. The van der Waals surface area contributed by atoms with Gasteiger partial charge >= 0.3 is 0 Å². The number of thiophene rings is 1. The molecule has 0 saturated heterocycles. The van der Waals surface area contributed by atoms with Crippen molar-refractivity contribution >= 4 is 42.9 Å². The fourth-order valence-electron chi connectivity index (χ4n) is 9.88. The van der Waals surface area contributed by atoms with Gasteiger partial charge in [0.1, 0.15) is 0 Å². The molecule has 2 aliphatic carbocycles. The van der Waals surface area contributed by atoms with Gasteiger partial charge in [0.25, 0.3) is 0 Å². The third kappa shape index (κ3) is 5.81. The van der Waals surface area contributed by atoms with E-state index in [0.717, 1.165) is 12.1 Å². The Kier molecular flexibility index (Phi) is 8.57. The molecule has 1 nitrogen and oxygen atoms in total. The third-order valence-electron chi connectivity index (χ3n) is 12.7. The Morgan fingerprint density at radius 3 is 1.88 bits per heavy atom. The van der Waals surface area contributed by atoms with E-state index in [1.54, 1.807) is 0 Å². The Morgan fingerprint density at radius 2 is 1.08 bits per heavy atom. The molecular weight excluding hydrogens is 731 g/mol. The van der Waals surface area contributed by atoms with Gasteiger partial charge in [-0.05, 0) is 92.9 Å². The topological polar surface area (TPSA) is 3.24 Å². The van der Waals surface area contributed by atoms with Gasteiger partial charge in [0, 0.05) is 48.3 Å². The van der Waals surface area contributed by atoms with Crippen LogP contribution in [0.4, 0.5) is 11.4 Å². The van der Waals surface area contributed by atoms with Crippen LogP contribution in [0.3, 0.4) is 0 Å². The number of allylic oxidation sites excluding steroid dienone is 4. The summed E-state index contributed by atoms with van der Waals surface area (Å²) in [5, 5.41) is 2.67. The fourth-order valence-corrected chi connectivity index (χ4v) is 11.0. The molecule has 0 fully saturated rings. The first-order chi connectivity index (χ1) is 29.1. The summed E-state index contributed by atoms with van der Waals surface area (Å²) in [5.74, 6) is 0.120. The number of rotatable bonds is 7. The highest BCUT2D eigenvalue weighted by molar-refractivity contribution is 7.25. The summed E-state index contributed by atoms with van der Waals surface area (Å²) < 4.78 is 2.67. The first-order valence-corrected chi connectivity index (χ1v) is 21.5. The van der Waals surface area contributed by atoms with Crippen LogP contribution in [0.5, 0.6) is 0 Å². The Labute approximate surface area is 350 Å². The van der Waals surface area contributed by atoms with Gasteiger partial charge in [-0.25, -0.2) is 0 Å². The van der Waals surface area contributed by atoms with Crippen LogP contribution in [-0.4, -0.2) is 0 Å². The molecule has 1 atom stereocenters. The molecule has 1 aromatic heterocycles. The molecule has 0 saturated carbocycles. The second-order valence-corrected chi connectivity index (χ2v) is 17.4. The first kappa shape index (κ1) is 35.4. The van der Waals surface area contributed by atoms with Crippen LogP contribution < -0.4 is 4.90 Å². The van der Waals surface area contributed by atoms with Crippen LogP contribution in [-0.2, 0) is 5.41 Å². The van der Waals surface area contributed by atoms with E-state index in [0.29, 0.717) is 0 Å². The molecule has 2 aliphatic rings.